The minimum absolute atomic E-state index is 0.0434. The number of carbonyl (C=O) groups excluding carboxylic acids is 2. The fourth-order valence-corrected chi connectivity index (χ4v) is 1.85. The summed E-state index contributed by atoms with van der Waals surface area (Å²) in [5.41, 5.74) is 0.368. The summed E-state index contributed by atoms with van der Waals surface area (Å²) in [7, 11) is 0. The standard InChI is InChI=1S/C16H13F3N2O2/c17-12-4-2-1-3-10(12)7-8-20-15(22)16(23)21-11-5-6-13(18)14(19)9-11/h1-6,9H,7-8H2,(H,20,22)(H,21,23). The van der Waals surface area contributed by atoms with E-state index >= 15 is 0 Å². The highest BCUT2D eigenvalue weighted by Gasteiger charge is 2.14. The molecule has 120 valence electrons. The van der Waals surface area contributed by atoms with Crippen LogP contribution in [0.3, 0.4) is 0 Å². The van der Waals surface area contributed by atoms with Crippen LogP contribution >= 0.6 is 0 Å². The minimum Gasteiger partial charge on any atom is -0.347 e. The van der Waals surface area contributed by atoms with Crippen molar-refractivity contribution in [3.05, 3.63) is 65.5 Å². The Kier molecular flexibility index (Phi) is 5.35. The first-order valence-corrected chi connectivity index (χ1v) is 6.75. The van der Waals surface area contributed by atoms with Crippen molar-refractivity contribution in [1.82, 2.24) is 5.32 Å². The van der Waals surface area contributed by atoms with Crippen molar-refractivity contribution in [2.45, 2.75) is 6.42 Å². The molecule has 0 saturated heterocycles. The molecule has 0 aliphatic carbocycles. The molecule has 0 saturated carbocycles. The summed E-state index contributed by atoms with van der Waals surface area (Å²) in [5.74, 6) is -4.57. The van der Waals surface area contributed by atoms with E-state index in [9.17, 15) is 22.8 Å². The summed E-state index contributed by atoms with van der Waals surface area (Å²) < 4.78 is 39.1. The van der Waals surface area contributed by atoms with Crippen molar-refractivity contribution in [2.75, 3.05) is 11.9 Å². The first-order chi connectivity index (χ1) is 11.0. The molecule has 0 aliphatic rings. The van der Waals surface area contributed by atoms with Gasteiger partial charge < -0.3 is 10.6 Å². The minimum atomic E-state index is -1.14. The zero-order valence-electron chi connectivity index (χ0n) is 11.9. The van der Waals surface area contributed by atoms with Crippen molar-refractivity contribution in [2.24, 2.45) is 0 Å². The number of hydrogen-bond donors (Lipinski definition) is 2. The number of amides is 2. The van der Waals surface area contributed by atoms with Gasteiger partial charge in [-0.2, -0.15) is 0 Å². The topological polar surface area (TPSA) is 58.2 Å². The molecule has 2 rings (SSSR count). The Morgan fingerprint density at radius 1 is 0.870 bits per heavy atom. The first-order valence-electron chi connectivity index (χ1n) is 6.75. The second kappa shape index (κ2) is 7.44. The second-order valence-electron chi connectivity index (χ2n) is 4.68. The van der Waals surface area contributed by atoms with Gasteiger partial charge in [0.2, 0.25) is 0 Å². The molecule has 2 amide bonds. The van der Waals surface area contributed by atoms with Crippen molar-refractivity contribution in [3.63, 3.8) is 0 Å². The van der Waals surface area contributed by atoms with Gasteiger partial charge >= 0.3 is 11.8 Å². The van der Waals surface area contributed by atoms with Gasteiger partial charge in [0.1, 0.15) is 5.82 Å². The number of benzene rings is 2. The van der Waals surface area contributed by atoms with Gasteiger partial charge in [0.15, 0.2) is 11.6 Å². The summed E-state index contributed by atoms with van der Waals surface area (Å²) in [4.78, 5) is 23.2. The Labute approximate surface area is 130 Å². The average Bonchev–Trinajstić information content (AvgIpc) is 2.52. The van der Waals surface area contributed by atoms with Crippen LogP contribution in [-0.4, -0.2) is 18.4 Å². The summed E-state index contributed by atoms with van der Waals surface area (Å²) in [6.07, 6.45) is 0.219. The van der Waals surface area contributed by atoms with E-state index in [0.29, 0.717) is 5.56 Å². The molecule has 0 spiro atoms. The van der Waals surface area contributed by atoms with E-state index < -0.39 is 29.3 Å². The molecule has 0 atom stereocenters. The predicted molar refractivity (Wildman–Crippen MR) is 78.1 cm³/mol. The molecule has 0 heterocycles. The van der Waals surface area contributed by atoms with E-state index in [1.807, 2.05) is 0 Å². The SMILES string of the molecule is O=C(NCCc1ccccc1F)C(=O)Nc1ccc(F)c(F)c1. The molecule has 2 aromatic carbocycles. The second-order valence-corrected chi connectivity index (χ2v) is 4.68. The zero-order valence-corrected chi connectivity index (χ0v) is 11.9. The van der Waals surface area contributed by atoms with Gasteiger partial charge in [-0.15, -0.1) is 0 Å². The van der Waals surface area contributed by atoms with Crippen molar-refractivity contribution >= 4 is 17.5 Å². The number of carbonyl (C=O) groups is 2. The molecular weight excluding hydrogens is 309 g/mol. The molecule has 0 bridgehead atoms. The van der Waals surface area contributed by atoms with E-state index in [0.717, 1.165) is 18.2 Å². The Morgan fingerprint density at radius 3 is 2.30 bits per heavy atom. The molecule has 0 fully saturated rings. The monoisotopic (exact) mass is 322 g/mol. The number of halogens is 3. The Morgan fingerprint density at radius 2 is 1.61 bits per heavy atom. The van der Waals surface area contributed by atoms with Crippen LogP contribution in [0, 0.1) is 17.5 Å². The number of rotatable bonds is 4. The average molecular weight is 322 g/mol. The third kappa shape index (κ3) is 4.57. The molecule has 23 heavy (non-hydrogen) atoms. The normalized spacial score (nSPS) is 10.2. The highest BCUT2D eigenvalue weighted by Crippen LogP contribution is 2.12. The highest BCUT2D eigenvalue weighted by atomic mass is 19.2. The van der Waals surface area contributed by atoms with Gasteiger partial charge in [0.05, 0.1) is 0 Å². The van der Waals surface area contributed by atoms with Crippen LogP contribution in [0.25, 0.3) is 0 Å². The zero-order chi connectivity index (χ0) is 16.8. The molecule has 0 radical (unpaired) electrons. The van der Waals surface area contributed by atoms with E-state index in [1.54, 1.807) is 18.2 Å². The van der Waals surface area contributed by atoms with Crippen molar-refractivity contribution in [3.8, 4) is 0 Å². The summed E-state index contributed by atoms with van der Waals surface area (Å²) in [6.45, 7) is 0.0605. The summed E-state index contributed by atoms with van der Waals surface area (Å²) >= 11 is 0. The van der Waals surface area contributed by atoms with Gasteiger partial charge in [0, 0.05) is 18.3 Å². The van der Waals surface area contributed by atoms with E-state index in [-0.39, 0.29) is 18.7 Å². The highest BCUT2D eigenvalue weighted by molar-refractivity contribution is 6.39. The van der Waals surface area contributed by atoms with Gasteiger partial charge in [-0.05, 0) is 30.2 Å². The summed E-state index contributed by atoms with van der Waals surface area (Å²) in [6, 6.07) is 8.81. The smallest absolute Gasteiger partial charge is 0.313 e. The van der Waals surface area contributed by atoms with Gasteiger partial charge in [0.25, 0.3) is 0 Å². The van der Waals surface area contributed by atoms with Crippen LogP contribution < -0.4 is 10.6 Å². The van der Waals surface area contributed by atoms with Crippen LogP contribution in [-0.2, 0) is 16.0 Å². The lowest BCUT2D eigenvalue weighted by Crippen LogP contribution is -2.36. The first kappa shape index (κ1) is 16.5. The molecule has 2 N–H and O–H groups in total. The number of anilines is 1. The summed E-state index contributed by atoms with van der Waals surface area (Å²) in [5, 5.41) is 4.46. The molecule has 0 aromatic heterocycles. The number of hydrogen-bond acceptors (Lipinski definition) is 2. The Balaban J connectivity index is 1.84. The third-order valence-corrected chi connectivity index (χ3v) is 3.02. The molecular formula is C16H13F3N2O2. The lowest BCUT2D eigenvalue weighted by atomic mass is 10.1. The lowest BCUT2D eigenvalue weighted by molar-refractivity contribution is -0.136. The van der Waals surface area contributed by atoms with Crippen LogP contribution in [0.4, 0.5) is 18.9 Å². The van der Waals surface area contributed by atoms with Gasteiger partial charge in [-0.1, -0.05) is 18.2 Å². The van der Waals surface area contributed by atoms with Crippen LogP contribution in [0.15, 0.2) is 42.5 Å². The van der Waals surface area contributed by atoms with Crippen LogP contribution in [0.2, 0.25) is 0 Å². The van der Waals surface area contributed by atoms with Gasteiger partial charge in [-0.3, -0.25) is 9.59 Å². The maximum Gasteiger partial charge on any atom is 0.313 e. The van der Waals surface area contributed by atoms with E-state index in [1.165, 1.54) is 6.07 Å². The van der Waals surface area contributed by atoms with Crippen LogP contribution in [0.5, 0.6) is 0 Å². The molecule has 2 aromatic rings. The molecule has 0 unspecified atom stereocenters. The number of nitrogens with one attached hydrogen (secondary N) is 2. The molecule has 7 heteroatoms. The van der Waals surface area contributed by atoms with Crippen molar-refractivity contribution < 1.29 is 22.8 Å². The molecule has 0 aliphatic heterocycles. The predicted octanol–water partition coefficient (Wildman–Crippen LogP) is 2.40. The quantitative estimate of drug-likeness (QED) is 0.849. The molecule has 4 nitrogen and oxygen atoms in total. The van der Waals surface area contributed by atoms with Crippen molar-refractivity contribution in [1.29, 1.82) is 0 Å². The van der Waals surface area contributed by atoms with E-state index in [4.69, 9.17) is 0 Å². The van der Waals surface area contributed by atoms with E-state index in [2.05, 4.69) is 10.6 Å². The lowest BCUT2D eigenvalue weighted by Gasteiger charge is -2.07. The Bertz CT molecular complexity index is 735. The Hall–Kier alpha value is -2.83. The fraction of sp³-hybridized carbons (Fsp3) is 0.125. The van der Waals surface area contributed by atoms with Crippen LogP contribution in [0.1, 0.15) is 5.56 Å². The largest absolute Gasteiger partial charge is 0.347 e. The maximum atomic E-state index is 13.4. The van der Waals surface area contributed by atoms with Gasteiger partial charge in [-0.25, -0.2) is 13.2 Å². The maximum absolute atomic E-state index is 13.4. The fourth-order valence-electron chi connectivity index (χ4n) is 1.85. The third-order valence-electron chi connectivity index (χ3n) is 3.02.